The lowest BCUT2D eigenvalue weighted by atomic mass is 10.0. The highest BCUT2D eigenvalue weighted by molar-refractivity contribution is 5.49. The molecule has 4 heteroatoms. The summed E-state index contributed by atoms with van der Waals surface area (Å²) in [5, 5.41) is 3.26. The molecule has 0 unspecified atom stereocenters. The lowest BCUT2D eigenvalue weighted by molar-refractivity contribution is -0.140. The van der Waals surface area contributed by atoms with Crippen molar-refractivity contribution in [2.45, 2.75) is 18.6 Å². The van der Waals surface area contributed by atoms with Crippen LogP contribution >= 0.6 is 0 Å². The van der Waals surface area contributed by atoms with E-state index in [1.54, 1.807) is 4.90 Å². The lowest BCUT2D eigenvalue weighted by Crippen LogP contribution is -2.51. The molecule has 0 aliphatic carbocycles. The molecular weight excluding hydrogens is 156 g/mol. The van der Waals surface area contributed by atoms with Gasteiger partial charge in [-0.3, -0.25) is 4.79 Å². The van der Waals surface area contributed by atoms with Crippen molar-refractivity contribution in [1.29, 1.82) is 0 Å². The quantitative estimate of drug-likeness (QED) is 0.542. The summed E-state index contributed by atoms with van der Waals surface area (Å²) in [6.07, 6.45) is 2.76. The second-order valence-corrected chi connectivity index (χ2v) is 3.34. The standard InChI is InChI=1S/C8H14N2O2/c11-7-10-5-6-12-8(10)1-3-9-4-2-8/h7,9H,1-6H2. The minimum absolute atomic E-state index is 0.257. The SMILES string of the molecule is O=CN1CCOC12CCNCC2. The van der Waals surface area contributed by atoms with E-state index >= 15 is 0 Å². The average Bonchev–Trinajstić information content (AvgIpc) is 2.49. The van der Waals surface area contributed by atoms with Crippen molar-refractivity contribution in [3.63, 3.8) is 0 Å². The van der Waals surface area contributed by atoms with Crippen LogP contribution in [0.1, 0.15) is 12.8 Å². The van der Waals surface area contributed by atoms with Gasteiger partial charge in [-0.2, -0.15) is 0 Å². The fourth-order valence-electron chi connectivity index (χ4n) is 2.02. The van der Waals surface area contributed by atoms with Gasteiger partial charge in [-0.05, 0) is 13.1 Å². The molecule has 0 atom stereocenters. The van der Waals surface area contributed by atoms with E-state index < -0.39 is 0 Å². The van der Waals surface area contributed by atoms with Gasteiger partial charge in [-0.25, -0.2) is 0 Å². The second-order valence-electron chi connectivity index (χ2n) is 3.34. The predicted octanol–water partition coefficient (Wildman–Crippen LogP) is -0.445. The second kappa shape index (κ2) is 3.03. The van der Waals surface area contributed by atoms with Crippen LogP contribution in [0.2, 0.25) is 0 Å². The van der Waals surface area contributed by atoms with E-state index in [1.165, 1.54) is 0 Å². The zero-order valence-corrected chi connectivity index (χ0v) is 7.08. The van der Waals surface area contributed by atoms with Crippen LogP contribution in [0, 0.1) is 0 Å². The Balaban J connectivity index is 2.10. The van der Waals surface area contributed by atoms with Gasteiger partial charge in [-0.15, -0.1) is 0 Å². The van der Waals surface area contributed by atoms with Crippen molar-refractivity contribution in [3.8, 4) is 0 Å². The van der Waals surface area contributed by atoms with Gasteiger partial charge in [0.1, 0.15) is 5.72 Å². The normalized spacial score (nSPS) is 27.8. The third kappa shape index (κ3) is 1.11. The average molecular weight is 170 g/mol. The van der Waals surface area contributed by atoms with Gasteiger partial charge in [0.2, 0.25) is 6.41 Å². The third-order valence-electron chi connectivity index (χ3n) is 2.74. The number of amides is 1. The molecule has 0 aromatic heterocycles. The van der Waals surface area contributed by atoms with Crippen LogP contribution in [0.4, 0.5) is 0 Å². The minimum Gasteiger partial charge on any atom is -0.354 e. The first-order valence-electron chi connectivity index (χ1n) is 4.44. The van der Waals surface area contributed by atoms with Crippen molar-refractivity contribution in [2.24, 2.45) is 0 Å². The number of rotatable bonds is 1. The van der Waals surface area contributed by atoms with Crippen LogP contribution in [0.15, 0.2) is 0 Å². The van der Waals surface area contributed by atoms with Crippen molar-refractivity contribution in [3.05, 3.63) is 0 Å². The molecule has 0 saturated carbocycles. The van der Waals surface area contributed by atoms with Crippen molar-refractivity contribution in [2.75, 3.05) is 26.2 Å². The maximum Gasteiger partial charge on any atom is 0.212 e. The Labute approximate surface area is 71.9 Å². The first kappa shape index (κ1) is 8.01. The van der Waals surface area contributed by atoms with E-state index in [2.05, 4.69) is 5.32 Å². The maximum atomic E-state index is 10.7. The van der Waals surface area contributed by atoms with Crippen LogP contribution in [-0.2, 0) is 9.53 Å². The number of piperidine rings is 1. The van der Waals surface area contributed by atoms with E-state index in [4.69, 9.17) is 4.74 Å². The molecule has 2 heterocycles. The van der Waals surface area contributed by atoms with Gasteiger partial charge in [0.25, 0.3) is 0 Å². The summed E-state index contributed by atoms with van der Waals surface area (Å²) in [7, 11) is 0. The Morgan fingerprint density at radius 1 is 1.42 bits per heavy atom. The zero-order chi connectivity index (χ0) is 8.44. The molecule has 2 rings (SSSR count). The van der Waals surface area contributed by atoms with E-state index in [0.29, 0.717) is 6.61 Å². The Morgan fingerprint density at radius 3 is 2.83 bits per heavy atom. The maximum absolute atomic E-state index is 10.7. The number of carbonyl (C=O) groups excluding carboxylic acids is 1. The van der Waals surface area contributed by atoms with Crippen LogP contribution in [0.25, 0.3) is 0 Å². The molecule has 0 aromatic rings. The van der Waals surface area contributed by atoms with Gasteiger partial charge in [0, 0.05) is 19.4 Å². The highest BCUT2D eigenvalue weighted by atomic mass is 16.5. The van der Waals surface area contributed by atoms with Crippen molar-refractivity contribution < 1.29 is 9.53 Å². The van der Waals surface area contributed by atoms with Gasteiger partial charge in [0.15, 0.2) is 0 Å². The number of hydrogen-bond donors (Lipinski definition) is 1. The molecule has 1 spiro atoms. The highest BCUT2D eigenvalue weighted by Crippen LogP contribution is 2.30. The Hall–Kier alpha value is -0.610. The molecule has 68 valence electrons. The number of hydrogen-bond acceptors (Lipinski definition) is 3. The number of ether oxygens (including phenoxy) is 1. The topological polar surface area (TPSA) is 41.6 Å². The Kier molecular flexibility index (Phi) is 2.02. The van der Waals surface area contributed by atoms with Crippen LogP contribution in [0.5, 0.6) is 0 Å². The summed E-state index contributed by atoms with van der Waals surface area (Å²) in [6, 6.07) is 0. The number of carbonyl (C=O) groups is 1. The van der Waals surface area contributed by atoms with Crippen molar-refractivity contribution in [1.82, 2.24) is 10.2 Å². The molecule has 2 saturated heterocycles. The van der Waals surface area contributed by atoms with E-state index in [-0.39, 0.29) is 5.72 Å². The fourth-order valence-corrected chi connectivity index (χ4v) is 2.02. The van der Waals surface area contributed by atoms with E-state index in [0.717, 1.165) is 38.9 Å². The van der Waals surface area contributed by atoms with Crippen LogP contribution < -0.4 is 5.32 Å². The Bertz CT molecular complexity index is 178. The number of nitrogens with zero attached hydrogens (tertiary/aromatic N) is 1. The lowest BCUT2D eigenvalue weighted by Gasteiger charge is -2.38. The highest BCUT2D eigenvalue weighted by Gasteiger charge is 2.42. The smallest absolute Gasteiger partial charge is 0.212 e. The monoisotopic (exact) mass is 170 g/mol. The molecule has 4 nitrogen and oxygen atoms in total. The van der Waals surface area contributed by atoms with Crippen LogP contribution in [0.3, 0.4) is 0 Å². The molecule has 0 radical (unpaired) electrons. The van der Waals surface area contributed by atoms with Gasteiger partial charge >= 0.3 is 0 Å². The predicted molar refractivity (Wildman–Crippen MR) is 43.6 cm³/mol. The molecule has 1 N–H and O–H groups in total. The summed E-state index contributed by atoms with van der Waals surface area (Å²) >= 11 is 0. The first-order valence-corrected chi connectivity index (χ1v) is 4.44. The molecule has 2 aliphatic rings. The van der Waals surface area contributed by atoms with Gasteiger partial charge in [-0.1, -0.05) is 0 Å². The first-order chi connectivity index (χ1) is 5.87. The zero-order valence-electron chi connectivity index (χ0n) is 7.08. The molecule has 0 bridgehead atoms. The van der Waals surface area contributed by atoms with Gasteiger partial charge < -0.3 is 15.0 Å². The van der Waals surface area contributed by atoms with E-state index in [1.807, 2.05) is 0 Å². The summed E-state index contributed by atoms with van der Waals surface area (Å²) in [5.74, 6) is 0. The molecule has 2 aliphatic heterocycles. The molecular formula is C8H14N2O2. The minimum atomic E-state index is -0.257. The fraction of sp³-hybridized carbons (Fsp3) is 0.875. The van der Waals surface area contributed by atoms with Crippen LogP contribution in [-0.4, -0.2) is 43.3 Å². The summed E-state index contributed by atoms with van der Waals surface area (Å²) in [5.41, 5.74) is -0.257. The van der Waals surface area contributed by atoms with Crippen molar-refractivity contribution >= 4 is 6.41 Å². The Morgan fingerprint density at radius 2 is 2.17 bits per heavy atom. The number of nitrogens with one attached hydrogen (secondary N) is 1. The van der Waals surface area contributed by atoms with E-state index in [9.17, 15) is 4.79 Å². The summed E-state index contributed by atoms with van der Waals surface area (Å²) in [6.45, 7) is 3.34. The largest absolute Gasteiger partial charge is 0.354 e. The molecule has 12 heavy (non-hydrogen) atoms. The molecule has 0 aromatic carbocycles. The summed E-state index contributed by atoms with van der Waals surface area (Å²) in [4.78, 5) is 12.5. The molecule has 1 amide bonds. The molecule has 2 fully saturated rings. The third-order valence-corrected chi connectivity index (χ3v) is 2.74. The van der Waals surface area contributed by atoms with Gasteiger partial charge in [0.05, 0.1) is 6.61 Å². The summed E-state index contributed by atoms with van der Waals surface area (Å²) < 4.78 is 5.64.